The van der Waals surface area contributed by atoms with Crippen LogP contribution < -0.4 is 19.5 Å². The first-order chi connectivity index (χ1) is 14.3. The molecule has 0 unspecified atom stereocenters. The molecule has 1 heterocycles. The zero-order valence-corrected chi connectivity index (χ0v) is 19.4. The maximum Gasteiger partial charge on any atom is 0.193 e. The summed E-state index contributed by atoms with van der Waals surface area (Å²) in [5.74, 6) is 3.38. The van der Waals surface area contributed by atoms with E-state index in [4.69, 9.17) is 14.2 Å². The van der Waals surface area contributed by atoms with E-state index in [2.05, 4.69) is 40.4 Å². The number of hydrogen-bond donors (Lipinski definition) is 1. The molecular weight excluding hydrogens is 382 g/mol. The van der Waals surface area contributed by atoms with E-state index in [1.807, 2.05) is 30.9 Å². The molecule has 8 heteroatoms. The Labute approximate surface area is 179 Å². The minimum atomic E-state index is 0.375. The van der Waals surface area contributed by atoms with Crippen LogP contribution in [0.3, 0.4) is 0 Å². The highest BCUT2D eigenvalue weighted by atomic mass is 16.5. The van der Waals surface area contributed by atoms with Crippen LogP contribution in [-0.4, -0.2) is 62.6 Å². The van der Waals surface area contributed by atoms with Crippen LogP contribution in [0.2, 0.25) is 0 Å². The van der Waals surface area contributed by atoms with E-state index in [1.165, 1.54) is 5.56 Å². The van der Waals surface area contributed by atoms with E-state index in [-0.39, 0.29) is 0 Å². The van der Waals surface area contributed by atoms with Crippen LogP contribution in [0.4, 0.5) is 0 Å². The van der Waals surface area contributed by atoms with Crippen molar-refractivity contribution < 1.29 is 14.2 Å². The lowest BCUT2D eigenvalue weighted by atomic mass is 10.1. The van der Waals surface area contributed by atoms with Gasteiger partial charge in [-0.2, -0.15) is 5.10 Å². The molecule has 8 nitrogen and oxygen atoms in total. The lowest BCUT2D eigenvalue weighted by Crippen LogP contribution is -2.39. The molecule has 1 aromatic carbocycles. The number of nitrogens with zero attached hydrogens (tertiary/aromatic N) is 4. The van der Waals surface area contributed by atoms with Gasteiger partial charge in [0.05, 0.1) is 27.0 Å². The zero-order valence-electron chi connectivity index (χ0n) is 19.4. The molecule has 2 rings (SSSR count). The molecular formula is C22H35N5O3. The summed E-state index contributed by atoms with van der Waals surface area (Å²) in [4.78, 5) is 6.53. The van der Waals surface area contributed by atoms with Gasteiger partial charge < -0.3 is 24.4 Å². The van der Waals surface area contributed by atoms with Crippen molar-refractivity contribution in [2.24, 2.45) is 12.0 Å². The highest BCUT2D eigenvalue weighted by Gasteiger charge is 2.16. The number of hydrogen-bond acceptors (Lipinski definition) is 5. The van der Waals surface area contributed by atoms with Crippen LogP contribution in [0, 0.1) is 0 Å². The van der Waals surface area contributed by atoms with Gasteiger partial charge in [0.15, 0.2) is 5.96 Å². The Hall–Kier alpha value is -2.90. The van der Waals surface area contributed by atoms with E-state index < -0.39 is 0 Å². The smallest absolute Gasteiger partial charge is 0.193 e. The van der Waals surface area contributed by atoms with E-state index in [1.54, 1.807) is 28.4 Å². The lowest BCUT2D eigenvalue weighted by molar-refractivity contribution is 0.368. The Kier molecular flexibility index (Phi) is 8.38. The van der Waals surface area contributed by atoms with Gasteiger partial charge in [0.1, 0.15) is 17.2 Å². The van der Waals surface area contributed by atoms with Gasteiger partial charge in [0, 0.05) is 63.7 Å². The van der Waals surface area contributed by atoms with Crippen molar-refractivity contribution in [3.8, 4) is 17.2 Å². The standard InChI is InChI=1S/C22H35N5O3/c1-15(2)21-16(14-27(5)25-21)13-26(4)22(23-3)24-10-9-18-19(29-7)11-17(28-6)12-20(18)30-8/h11-12,14-15H,9-10,13H2,1-8H3,(H,23,24). The molecule has 166 valence electrons. The number of methoxy groups -OCH3 is 3. The van der Waals surface area contributed by atoms with Crippen molar-refractivity contribution in [2.75, 3.05) is 42.0 Å². The van der Waals surface area contributed by atoms with Crippen molar-refractivity contribution in [1.29, 1.82) is 0 Å². The molecule has 0 aliphatic rings. The molecule has 0 atom stereocenters. The Bertz CT molecular complexity index is 835. The van der Waals surface area contributed by atoms with Gasteiger partial charge in [-0.05, 0) is 12.3 Å². The molecule has 0 spiro atoms. The van der Waals surface area contributed by atoms with Crippen LogP contribution in [0.15, 0.2) is 23.3 Å². The highest BCUT2D eigenvalue weighted by Crippen LogP contribution is 2.34. The van der Waals surface area contributed by atoms with Crippen molar-refractivity contribution in [1.82, 2.24) is 20.0 Å². The number of guanidine groups is 1. The van der Waals surface area contributed by atoms with Crippen molar-refractivity contribution in [3.63, 3.8) is 0 Å². The fourth-order valence-electron chi connectivity index (χ4n) is 3.50. The first-order valence-electron chi connectivity index (χ1n) is 10.1. The number of rotatable bonds is 9. The van der Waals surface area contributed by atoms with E-state index in [9.17, 15) is 0 Å². The topological polar surface area (TPSA) is 73.1 Å². The maximum absolute atomic E-state index is 5.54. The van der Waals surface area contributed by atoms with Gasteiger partial charge in [0.2, 0.25) is 0 Å². The number of ether oxygens (including phenoxy) is 3. The molecule has 2 aromatic rings. The molecule has 1 aromatic heterocycles. The summed E-state index contributed by atoms with van der Waals surface area (Å²) in [5, 5.41) is 8.03. The predicted octanol–water partition coefficient (Wildman–Crippen LogP) is 2.82. The third-order valence-corrected chi connectivity index (χ3v) is 4.94. The zero-order chi connectivity index (χ0) is 22.3. The number of aryl methyl sites for hydroxylation is 1. The van der Waals surface area contributed by atoms with Crippen LogP contribution >= 0.6 is 0 Å². The normalized spacial score (nSPS) is 11.6. The Balaban J connectivity index is 2.06. The van der Waals surface area contributed by atoms with Crippen molar-refractivity contribution in [3.05, 3.63) is 35.2 Å². The monoisotopic (exact) mass is 417 g/mol. The summed E-state index contributed by atoms with van der Waals surface area (Å²) in [6.07, 6.45) is 2.79. The first-order valence-corrected chi connectivity index (χ1v) is 10.1. The summed E-state index contributed by atoms with van der Waals surface area (Å²) in [6, 6.07) is 3.74. The van der Waals surface area contributed by atoms with Crippen molar-refractivity contribution in [2.45, 2.75) is 32.7 Å². The Morgan fingerprint density at radius 1 is 1.17 bits per heavy atom. The quantitative estimate of drug-likeness (QED) is 0.500. The van der Waals surface area contributed by atoms with E-state index in [0.29, 0.717) is 24.6 Å². The minimum Gasteiger partial charge on any atom is -0.496 e. The second-order valence-corrected chi connectivity index (χ2v) is 7.46. The van der Waals surface area contributed by atoms with Crippen LogP contribution in [0.5, 0.6) is 17.2 Å². The molecule has 0 bridgehead atoms. The molecule has 0 fully saturated rings. The Morgan fingerprint density at radius 3 is 2.30 bits per heavy atom. The van der Waals surface area contributed by atoms with Crippen LogP contribution in [0.1, 0.15) is 36.6 Å². The van der Waals surface area contributed by atoms with Crippen LogP contribution in [0.25, 0.3) is 0 Å². The number of benzene rings is 1. The first kappa shape index (κ1) is 23.4. The summed E-state index contributed by atoms with van der Waals surface area (Å²) in [5.41, 5.74) is 3.31. The lowest BCUT2D eigenvalue weighted by Gasteiger charge is -2.23. The van der Waals surface area contributed by atoms with Gasteiger partial charge in [-0.25, -0.2) is 0 Å². The van der Waals surface area contributed by atoms with Crippen molar-refractivity contribution >= 4 is 5.96 Å². The third kappa shape index (κ3) is 5.58. The third-order valence-electron chi connectivity index (χ3n) is 4.94. The van der Waals surface area contributed by atoms with Gasteiger partial charge >= 0.3 is 0 Å². The summed E-state index contributed by atoms with van der Waals surface area (Å²) in [6.45, 7) is 5.74. The fourth-order valence-corrected chi connectivity index (χ4v) is 3.50. The number of aromatic nitrogens is 2. The second kappa shape index (κ2) is 10.8. The average Bonchev–Trinajstić information content (AvgIpc) is 3.10. The van der Waals surface area contributed by atoms with E-state index >= 15 is 0 Å². The second-order valence-electron chi connectivity index (χ2n) is 7.46. The molecule has 1 N–H and O–H groups in total. The maximum atomic E-state index is 5.54. The summed E-state index contributed by atoms with van der Waals surface area (Å²) >= 11 is 0. The summed E-state index contributed by atoms with van der Waals surface area (Å²) in [7, 11) is 10.7. The van der Waals surface area contributed by atoms with Gasteiger partial charge in [-0.1, -0.05) is 13.8 Å². The SMILES string of the molecule is CN=C(NCCc1c(OC)cc(OC)cc1OC)N(C)Cc1cn(C)nc1C(C)C. The fraction of sp³-hybridized carbons (Fsp3) is 0.545. The molecule has 0 saturated heterocycles. The molecule has 0 saturated carbocycles. The van der Waals surface area contributed by atoms with Gasteiger partial charge in [-0.3, -0.25) is 9.67 Å². The molecule has 0 aliphatic carbocycles. The molecule has 0 amide bonds. The van der Waals surface area contributed by atoms with Gasteiger partial charge in [0.25, 0.3) is 0 Å². The van der Waals surface area contributed by atoms with E-state index in [0.717, 1.165) is 35.3 Å². The molecule has 0 radical (unpaired) electrons. The van der Waals surface area contributed by atoms with Gasteiger partial charge in [-0.15, -0.1) is 0 Å². The summed E-state index contributed by atoms with van der Waals surface area (Å²) < 4.78 is 18.3. The average molecular weight is 418 g/mol. The van der Waals surface area contributed by atoms with Crippen LogP contribution in [-0.2, 0) is 20.0 Å². The highest BCUT2D eigenvalue weighted by molar-refractivity contribution is 5.79. The minimum absolute atomic E-state index is 0.375. The largest absolute Gasteiger partial charge is 0.496 e. The molecule has 0 aliphatic heterocycles. The number of aliphatic imine (C=N–C) groups is 1. The number of nitrogens with one attached hydrogen (secondary N) is 1. The predicted molar refractivity (Wildman–Crippen MR) is 120 cm³/mol. The molecule has 30 heavy (non-hydrogen) atoms. The Morgan fingerprint density at radius 2 is 1.80 bits per heavy atom.